The summed E-state index contributed by atoms with van der Waals surface area (Å²) in [6, 6.07) is 8.56. The molecule has 0 saturated carbocycles. The van der Waals surface area contributed by atoms with Crippen molar-refractivity contribution < 1.29 is 0 Å². The molecule has 1 heterocycles. The van der Waals surface area contributed by atoms with Crippen LogP contribution in [-0.2, 0) is 13.5 Å². The van der Waals surface area contributed by atoms with Crippen LogP contribution < -0.4 is 5.32 Å². The summed E-state index contributed by atoms with van der Waals surface area (Å²) in [5.74, 6) is 0. The Bertz CT molecular complexity index is 567. The average Bonchev–Trinajstić information content (AvgIpc) is 2.83. The van der Waals surface area contributed by atoms with Gasteiger partial charge in [-0.3, -0.25) is 4.68 Å². The van der Waals surface area contributed by atoms with E-state index in [-0.39, 0.29) is 0 Å². The van der Waals surface area contributed by atoms with Crippen molar-refractivity contribution in [1.29, 1.82) is 0 Å². The first-order chi connectivity index (χ1) is 10.2. The SMILES string of the molecule is CCCNCC(CC)(CC)Cc1nn(C)c2ccccc12. The lowest BCUT2D eigenvalue weighted by atomic mass is 9.77. The molecule has 0 fully saturated rings. The van der Waals surface area contributed by atoms with E-state index in [1.54, 1.807) is 0 Å². The lowest BCUT2D eigenvalue weighted by molar-refractivity contribution is 0.244. The van der Waals surface area contributed by atoms with Crippen LogP contribution in [0.25, 0.3) is 10.9 Å². The van der Waals surface area contributed by atoms with Crippen LogP contribution in [-0.4, -0.2) is 22.9 Å². The fourth-order valence-electron chi connectivity index (χ4n) is 3.12. The third kappa shape index (κ3) is 3.46. The minimum atomic E-state index is 0.312. The summed E-state index contributed by atoms with van der Waals surface area (Å²) in [7, 11) is 2.04. The Kier molecular flexibility index (Phi) is 5.40. The van der Waals surface area contributed by atoms with Crippen molar-refractivity contribution in [1.82, 2.24) is 15.1 Å². The number of rotatable bonds is 8. The largest absolute Gasteiger partial charge is 0.316 e. The standard InChI is InChI=1S/C18H29N3/c1-5-12-19-14-18(6-2,7-3)13-16-15-10-8-9-11-17(15)21(4)20-16/h8-11,19H,5-7,12-14H2,1-4H3. The van der Waals surface area contributed by atoms with Gasteiger partial charge in [0.2, 0.25) is 0 Å². The summed E-state index contributed by atoms with van der Waals surface area (Å²) in [6.07, 6.45) is 4.62. The zero-order valence-electron chi connectivity index (χ0n) is 13.9. The molecule has 21 heavy (non-hydrogen) atoms. The molecule has 0 radical (unpaired) electrons. The highest BCUT2D eigenvalue weighted by Gasteiger charge is 2.28. The van der Waals surface area contributed by atoms with E-state index in [1.807, 2.05) is 11.7 Å². The molecular formula is C18H29N3. The molecule has 0 atom stereocenters. The number of aromatic nitrogens is 2. The quantitative estimate of drug-likeness (QED) is 0.746. The smallest absolute Gasteiger partial charge is 0.0709 e. The fraction of sp³-hybridized carbons (Fsp3) is 0.611. The molecule has 1 aromatic heterocycles. The van der Waals surface area contributed by atoms with Gasteiger partial charge < -0.3 is 5.32 Å². The van der Waals surface area contributed by atoms with E-state index in [2.05, 4.69) is 50.4 Å². The molecule has 1 aromatic carbocycles. The van der Waals surface area contributed by atoms with Gasteiger partial charge in [-0.15, -0.1) is 0 Å². The molecule has 3 heteroatoms. The van der Waals surface area contributed by atoms with Crippen LogP contribution in [0.15, 0.2) is 24.3 Å². The zero-order chi connectivity index (χ0) is 15.3. The summed E-state index contributed by atoms with van der Waals surface area (Å²) in [4.78, 5) is 0. The van der Waals surface area contributed by atoms with Crippen LogP contribution in [0, 0.1) is 5.41 Å². The lowest BCUT2D eigenvalue weighted by Gasteiger charge is -2.31. The van der Waals surface area contributed by atoms with Crippen LogP contribution in [0.5, 0.6) is 0 Å². The van der Waals surface area contributed by atoms with E-state index in [0.29, 0.717) is 5.41 Å². The van der Waals surface area contributed by atoms with Gasteiger partial charge in [-0.2, -0.15) is 5.10 Å². The van der Waals surface area contributed by atoms with Crippen LogP contribution in [0.1, 0.15) is 45.7 Å². The van der Waals surface area contributed by atoms with Gasteiger partial charge in [0, 0.05) is 19.0 Å². The molecular weight excluding hydrogens is 258 g/mol. The maximum Gasteiger partial charge on any atom is 0.0709 e. The van der Waals surface area contributed by atoms with Gasteiger partial charge in [-0.05, 0) is 43.7 Å². The van der Waals surface area contributed by atoms with Gasteiger partial charge in [0.25, 0.3) is 0 Å². The first-order valence-electron chi connectivity index (χ1n) is 8.27. The number of aryl methyl sites for hydroxylation is 1. The van der Waals surface area contributed by atoms with Crippen molar-refractivity contribution in [2.24, 2.45) is 12.5 Å². The molecule has 2 aromatic rings. The van der Waals surface area contributed by atoms with E-state index in [4.69, 9.17) is 5.10 Å². The number of nitrogens with zero attached hydrogens (tertiary/aromatic N) is 2. The molecule has 3 nitrogen and oxygen atoms in total. The van der Waals surface area contributed by atoms with E-state index in [9.17, 15) is 0 Å². The number of nitrogens with one attached hydrogen (secondary N) is 1. The fourth-order valence-corrected chi connectivity index (χ4v) is 3.12. The molecule has 2 rings (SSSR count). The van der Waals surface area contributed by atoms with E-state index in [0.717, 1.165) is 19.5 Å². The minimum Gasteiger partial charge on any atom is -0.316 e. The molecule has 0 saturated heterocycles. The maximum atomic E-state index is 4.79. The summed E-state index contributed by atoms with van der Waals surface area (Å²) < 4.78 is 2.01. The van der Waals surface area contributed by atoms with Crippen molar-refractivity contribution in [3.05, 3.63) is 30.0 Å². The van der Waals surface area contributed by atoms with Crippen LogP contribution >= 0.6 is 0 Å². The summed E-state index contributed by atoms with van der Waals surface area (Å²) in [5.41, 5.74) is 2.79. The predicted molar refractivity (Wildman–Crippen MR) is 90.6 cm³/mol. The normalized spacial score (nSPS) is 12.2. The van der Waals surface area contributed by atoms with Crippen molar-refractivity contribution in [3.8, 4) is 0 Å². The molecule has 116 valence electrons. The zero-order valence-corrected chi connectivity index (χ0v) is 13.9. The molecule has 0 aliphatic carbocycles. The van der Waals surface area contributed by atoms with Gasteiger partial charge in [0.05, 0.1) is 11.2 Å². The van der Waals surface area contributed by atoms with Crippen molar-refractivity contribution in [2.75, 3.05) is 13.1 Å². The number of hydrogen-bond acceptors (Lipinski definition) is 2. The first-order valence-corrected chi connectivity index (χ1v) is 8.27. The highest BCUT2D eigenvalue weighted by atomic mass is 15.3. The van der Waals surface area contributed by atoms with E-state index >= 15 is 0 Å². The van der Waals surface area contributed by atoms with Crippen molar-refractivity contribution >= 4 is 10.9 Å². The average molecular weight is 287 g/mol. The summed E-state index contributed by atoms with van der Waals surface area (Å²) in [5, 5.41) is 9.71. The Hall–Kier alpha value is -1.35. The summed E-state index contributed by atoms with van der Waals surface area (Å²) >= 11 is 0. The number of benzene rings is 1. The molecule has 0 aliphatic rings. The Morgan fingerprint density at radius 3 is 2.52 bits per heavy atom. The van der Waals surface area contributed by atoms with E-state index in [1.165, 1.54) is 35.9 Å². The molecule has 0 unspecified atom stereocenters. The highest BCUT2D eigenvalue weighted by Crippen LogP contribution is 2.32. The van der Waals surface area contributed by atoms with Gasteiger partial charge in [0.1, 0.15) is 0 Å². The summed E-state index contributed by atoms with van der Waals surface area (Å²) in [6.45, 7) is 9.02. The molecule has 1 N–H and O–H groups in total. The number of hydrogen-bond donors (Lipinski definition) is 1. The second-order valence-corrected chi connectivity index (χ2v) is 6.15. The molecule has 0 amide bonds. The third-order valence-electron chi connectivity index (χ3n) is 4.80. The van der Waals surface area contributed by atoms with Crippen LogP contribution in [0.3, 0.4) is 0 Å². The maximum absolute atomic E-state index is 4.79. The predicted octanol–water partition coefficient (Wildman–Crippen LogP) is 3.92. The van der Waals surface area contributed by atoms with Crippen LogP contribution in [0.4, 0.5) is 0 Å². The Balaban J connectivity index is 2.26. The topological polar surface area (TPSA) is 29.9 Å². The minimum absolute atomic E-state index is 0.312. The second-order valence-electron chi connectivity index (χ2n) is 6.15. The highest BCUT2D eigenvalue weighted by molar-refractivity contribution is 5.81. The number of fused-ring (bicyclic) bond motifs is 1. The molecule has 0 aliphatic heterocycles. The van der Waals surface area contributed by atoms with Crippen molar-refractivity contribution in [2.45, 2.75) is 46.5 Å². The molecule has 0 bridgehead atoms. The number of para-hydroxylation sites is 1. The van der Waals surface area contributed by atoms with Gasteiger partial charge >= 0.3 is 0 Å². The van der Waals surface area contributed by atoms with Gasteiger partial charge in [-0.1, -0.05) is 39.0 Å². The van der Waals surface area contributed by atoms with Gasteiger partial charge in [0.15, 0.2) is 0 Å². The Morgan fingerprint density at radius 1 is 1.14 bits per heavy atom. The lowest BCUT2D eigenvalue weighted by Crippen LogP contribution is -2.36. The second kappa shape index (κ2) is 7.08. The molecule has 0 spiro atoms. The van der Waals surface area contributed by atoms with Gasteiger partial charge in [-0.25, -0.2) is 0 Å². The third-order valence-corrected chi connectivity index (χ3v) is 4.80. The first kappa shape index (κ1) is 16.0. The van der Waals surface area contributed by atoms with E-state index < -0.39 is 0 Å². The van der Waals surface area contributed by atoms with Crippen LogP contribution in [0.2, 0.25) is 0 Å². The Labute approximate surface area is 128 Å². The Morgan fingerprint density at radius 2 is 1.86 bits per heavy atom. The monoisotopic (exact) mass is 287 g/mol. The van der Waals surface area contributed by atoms with Crippen molar-refractivity contribution in [3.63, 3.8) is 0 Å².